The molecule has 2 unspecified atom stereocenters. The molecule has 0 spiro atoms. The Bertz CT molecular complexity index is 325. The summed E-state index contributed by atoms with van der Waals surface area (Å²) in [5, 5.41) is 3.53. The first kappa shape index (κ1) is 18.4. The van der Waals surface area contributed by atoms with Gasteiger partial charge in [0, 0.05) is 44.1 Å². The molecule has 0 aromatic heterocycles. The van der Waals surface area contributed by atoms with Crippen molar-refractivity contribution < 1.29 is 9.53 Å². The molecule has 1 amide bonds. The molecule has 0 aliphatic heterocycles. The monoisotopic (exact) mass is 298 g/mol. The predicted octanol–water partition coefficient (Wildman–Crippen LogP) is 2.67. The first-order valence-corrected chi connectivity index (χ1v) is 8.45. The number of carbonyl (C=O) groups excluding carboxylic acids is 1. The lowest BCUT2D eigenvalue weighted by Crippen LogP contribution is -2.61. The summed E-state index contributed by atoms with van der Waals surface area (Å²) < 4.78 is 5.97. The van der Waals surface area contributed by atoms with Crippen molar-refractivity contribution in [3.8, 4) is 0 Å². The number of rotatable bonds is 9. The lowest BCUT2D eigenvalue weighted by molar-refractivity contribution is -0.132. The average molecular weight is 298 g/mol. The molecule has 1 fully saturated rings. The Hall–Kier alpha value is -0.610. The van der Waals surface area contributed by atoms with Crippen LogP contribution in [-0.2, 0) is 9.53 Å². The van der Waals surface area contributed by atoms with E-state index in [1.807, 2.05) is 18.7 Å². The largest absolute Gasteiger partial charge is 0.377 e. The molecule has 2 atom stereocenters. The van der Waals surface area contributed by atoms with Crippen molar-refractivity contribution in [3.05, 3.63) is 0 Å². The van der Waals surface area contributed by atoms with Crippen molar-refractivity contribution in [1.29, 1.82) is 0 Å². The zero-order chi connectivity index (χ0) is 16.0. The standard InChI is InChI=1S/C17H34N2O2/c1-7-19(8-2)16(20)9-10-18-14-11-15(17(14,5)6)21-12-13(3)4/h13-15,18H,7-12H2,1-6H3. The summed E-state index contributed by atoms with van der Waals surface area (Å²) in [6.07, 6.45) is 1.99. The van der Waals surface area contributed by atoms with Crippen LogP contribution in [0.2, 0.25) is 0 Å². The molecule has 1 aliphatic rings. The third-order valence-electron chi connectivity index (χ3n) is 4.65. The minimum atomic E-state index is 0.160. The van der Waals surface area contributed by atoms with Gasteiger partial charge in [-0.2, -0.15) is 0 Å². The summed E-state index contributed by atoms with van der Waals surface area (Å²) in [4.78, 5) is 13.8. The minimum Gasteiger partial charge on any atom is -0.377 e. The van der Waals surface area contributed by atoms with E-state index in [9.17, 15) is 4.79 Å². The Balaban J connectivity index is 2.27. The van der Waals surface area contributed by atoms with Crippen LogP contribution in [0.25, 0.3) is 0 Å². The van der Waals surface area contributed by atoms with Crippen LogP contribution in [0.1, 0.15) is 54.4 Å². The maximum absolute atomic E-state index is 12.0. The Morgan fingerprint density at radius 3 is 2.43 bits per heavy atom. The van der Waals surface area contributed by atoms with Gasteiger partial charge in [0.2, 0.25) is 5.91 Å². The van der Waals surface area contributed by atoms with E-state index < -0.39 is 0 Å². The molecule has 0 aromatic carbocycles. The number of ether oxygens (including phenoxy) is 1. The van der Waals surface area contributed by atoms with E-state index in [2.05, 4.69) is 33.0 Å². The van der Waals surface area contributed by atoms with Crippen molar-refractivity contribution in [2.75, 3.05) is 26.2 Å². The van der Waals surface area contributed by atoms with Crippen LogP contribution < -0.4 is 5.32 Å². The number of amides is 1. The molecule has 0 aromatic rings. The fourth-order valence-electron chi connectivity index (χ4n) is 2.91. The number of hydrogen-bond acceptors (Lipinski definition) is 3. The van der Waals surface area contributed by atoms with Gasteiger partial charge < -0.3 is 15.0 Å². The van der Waals surface area contributed by atoms with Gasteiger partial charge >= 0.3 is 0 Å². The van der Waals surface area contributed by atoms with Gasteiger partial charge in [-0.15, -0.1) is 0 Å². The molecule has 0 saturated heterocycles. The average Bonchev–Trinajstić information content (AvgIpc) is 2.42. The van der Waals surface area contributed by atoms with Crippen LogP contribution in [0.5, 0.6) is 0 Å². The van der Waals surface area contributed by atoms with Crippen LogP contribution in [0.15, 0.2) is 0 Å². The smallest absolute Gasteiger partial charge is 0.223 e. The van der Waals surface area contributed by atoms with E-state index in [1.54, 1.807) is 0 Å². The molecule has 0 heterocycles. The Morgan fingerprint density at radius 2 is 1.95 bits per heavy atom. The van der Waals surface area contributed by atoms with E-state index >= 15 is 0 Å². The normalized spacial score (nSPS) is 24.0. The molecule has 1 N–H and O–H groups in total. The highest BCUT2D eigenvalue weighted by atomic mass is 16.5. The number of nitrogens with zero attached hydrogens (tertiary/aromatic N) is 1. The second-order valence-electron chi connectivity index (χ2n) is 7.10. The summed E-state index contributed by atoms with van der Waals surface area (Å²) in [5.41, 5.74) is 0.160. The molecule has 124 valence electrons. The van der Waals surface area contributed by atoms with Crippen LogP contribution in [0.4, 0.5) is 0 Å². The van der Waals surface area contributed by atoms with Crippen LogP contribution in [-0.4, -0.2) is 49.2 Å². The van der Waals surface area contributed by atoms with Crippen LogP contribution in [0.3, 0.4) is 0 Å². The molecule has 1 rings (SSSR count). The van der Waals surface area contributed by atoms with Crippen molar-refractivity contribution in [3.63, 3.8) is 0 Å². The topological polar surface area (TPSA) is 41.6 Å². The fraction of sp³-hybridized carbons (Fsp3) is 0.941. The third-order valence-corrected chi connectivity index (χ3v) is 4.65. The highest BCUT2D eigenvalue weighted by Crippen LogP contribution is 2.42. The quantitative estimate of drug-likeness (QED) is 0.711. The molecule has 1 aliphatic carbocycles. The lowest BCUT2D eigenvalue weighted by atomic mass is 9.64. The number of carbonyl (C=O) groups is 1. The molecule has 0 radical (unpaired) electrons. The lowest BCUT2D eigenvalue weighted by Gasteiger charge is -2.52. The molecule has 4 heteroatoms. The highest BCUT2D eigenvalue weighted by Gasteiger charge is 2.48. The minimum absolute atomic E-state index is 0.160. The van der Waals surface area contributed by atoms with E-state index in [1.165, 1.54) is 0 Å². The summed E-state index contributed by atoms with van der Waals surface area (Å²) in [7, 11) is 0. The van der Waals surface area contributed by atoms with Crippen LogP contribution >= 0.6 is 0 Å². The van der Waals surface area contributed by atoms with Gasteiger partial charge in [-0.05, 0) is 26.2 Å². The van der Waals surface area contributed by atoms with Gasteiger partial charge in [0.15, 0.2) is 0 Å². The third kappa shape index (κ3) is 4.96. The second kappa shape index (κ2) is 8.14. The Morgan fingerprint density at radius 1 is 1.33 bits per heavy atom. The van der Waals surface area contributed by atoms with Gasteiger partial charge in [0.25, 0.3) is 0 Å². The van der Waals surface area contributed by atoms with E-state index in [-0.39, 0.29) is 11.3 Å². The van der Waals surface area contributed by atoms with E-state index in [0.29, 0.717) is 24.5 Å². The highest BCUT2D eigenvalue weighted by molar-refractivity contribution is 5.76. The summed E-state index contributed by atoms with van der Waals surface area (Å²) >= 11 is 0. The van der Waals surface area contributed by atoms with Gasteiger partial charge in [-0.1, -0.05) is 27.7 Å². The Labute approximate surface area is 130 Å². The van der Waals surface area contributed by atoms with E-state index in [4.69, 9.17) is 4.74 Å². The van der Waals surface area contributed by atoms with E-state index in [0.717, 1.165) is 32.7 Å². The van der Waals surface area contributed by atoms with Crippen molar-refractivity contribution in [2.45, 2.75) is 66.5 Å². The van der Waals surface area contributed by atoms with Gasteiger partial charge in [-0.3, -0.25) is 4.79 Å². The SMILES string of the molecule is CCN(CC)C(=O)CCNC1CC(OCC(C)C)C1(C)C. The molecule has 4 nitrogen and oxygen atoms in total. The van der Waals surface area contributed by atoms with Crippen molar-refractivity contribution in [2.24, 2.45) is 11.3 Å². The zero-order valence-corrected chi connectivity index (χ0v) is 14.7. The summed E-state index contributed by atoms with van der Waals surface area (Å²) in [6, 6.07) is 0.458. The van der Waals surface area contributed by atoms with Gasteiger partial charge in [0.05, 0.1) is 6.10 Å². The summed E-state index contributed by atoms with van der Waals surface area (Å²) in [5.74, 6) is 0.830. The Kier molecular flexibility index (Phi) is 7.14. The maximum atomic E-state index is 12.0. The molecular weight excluding hydrogens is 264 g/mol. The molecule has 1 saturated carbocycles. The second-order valence-corrected chi connectivity index (χ2v) is 7.10. The fourth-order valence-corrected chi connectivity index (χ4v) is 2.91. The molecular formula is C17H34N2O2. The predicted molar refractivity (Wildman–Crippen MR) is 87.3 cm³/mol. The maximum Gasteiger partial charge on any atom is 0.223 e. The van der Waals surface area contributed by atoms with Crippen molar-refractivity contribution in [1.82, 2.24) is 10.2 Å². The van der Waals surface area contributed by atoms with Crippen molar-refractivity contribution >= 4 is 5.91 Å². The number of hydrogen-bond donors (Lipinski definition) is 1. The summed E-state index contributed by atoms with van der Waals surface area (Å²) in [6.45, 7) is 16.1. The van der Waals surface area contributed by atoms with Gasteiger partial charge in [-0.25, -0.2) is 0 Å². The molecule has 21 heavy (non-hydrogen) atoms. The van der Waals surface area contributed by atoms with Gasteiger partial charge in [0.1, 0.15) is 0 Å². The molecule has 0 bridgehead atoms. The number of nitrogens with one attached hydrogen (secondary N) is 1. The zero-order valence-electron chi connectivity index (χ0n) is 14.7. The first-order valence-electron chi connectivity index (χ1n) is 8.45. The first-order chi connectivity index (χ1) is 9.82. The van der Waals surface area contributed by atoms with Crippen LogP contribution in [0, 0.1) is 11.3 Å².